The standard InChI is InChI=1S/C23H27NO6/c1-6-29-23(28)22-16(5)24-15(4)21(22)19(26)12-30-20(27)10-9-18(25)17-8-7-13(2)14(3)11-17/h7-8,11,24H,6,9-10,12H2,1-5H3. The maximum Gasteiger partial charge on any atom is 0.340 e. The van der Waals surface area contributed by atoms with Gasteiger partial charge in [-0.15, -0.1) is 0 Å². The van der Waals surface area contributed by atoms with Gasteiger partial charge in [0, 0.05) is 23.4 Å². The predicted molar refractivity (Wildman–Crippen MR) is 111 cm³/mol. The van der Waals surface area contributed by atoms with E-state index in [-0.39, 0.29) is 36.4 Å². The Balaban J connectivity index is 1.95. The van der Waals surface area contributed by atoms with Crippen molar-refractivity contribution in [2.24, 2.45) is 0 Å². The van der Waals surface area contributed by atoms with Gasteiger partial charge in [-0.25, -0.2) is 4.79 Å². The van der Waals surface area contributed by atoms with Gasteiger partial charge in [0.25, 0.3) is 0 Å². The summed E-state index contributed by atoms with van der Waals surface area (Å²) in [6, 6.07) is 5.38. The Labute approximate surface area is 175 Å². The molecule has 160 valence electrons. The van der Waals surface area contributed by atoms with Crippen molar-refractivity contribution in [3.05, 3.63) is 57.4 Å². The molecule has 0 spiro atoms. The van der Waals surface area contributed by atoms with Crippen LogP contribution in [0.4, 0.5) is 0 Å². The first-order chi connectivity index (χ1) is 14.1. The average molecular weight is 413 g/mol. The zero-order valence-corrected chi connectivity index (χ0v) is 18.0. The topological polar surface area (TPSA) is 103 Å². The number of aromatic nitrogens is 1. The number of aromatic amines is 1. The first-order valence-electron chi connectivity index (χ1n) is 9.81. The SMILES string of the molecule is CCOC(=O)c1c(C)[nH]c(C)c1C(=O)COC(=O)CCC(=O)c1ccc(C)c(C)c1. The molecule has 1 N–H and O–H groups in total. The molecule has 0 bridgehead atoms. The number of ketones is 2. The molecule has 0 saturated heterocycles. The fourth-order valence-electron chi connectivity index (χ4n) is 3.15. The molecule has 0 fully saturated rings. The summed E-state index contributed by atoms with van der Waals surface area (Å²) in [5.74, 6) is -1.92. The van der Waals surface area contributed by atoms with Crippen LogP contribution >= 0.6 is 0 Å². The van der Waals surface area contributed by atoms with Gasteiger partial charge in [0.2, 0.25) is 5.78 Å². The Morgan fingerprint density at radius 3 is 2.13 bits per heavy atom. The van der Waals surface area contributed by atoms with Gasteiger partial charge in [0.1, 0.15) is 0 Å². The lowest BCUT2D eigenvalue weighted by atomic mass is 10.0. The summed E-state index contributed by atoms with van der Waals surface area (Å²) in [6.45, 7) is 8.55. The number of rotatable bonds is 9. The number of benzene rings is 1. The largest absolute Gasteiger partial charge is 0.462 e. The molecular formula is C23H27NO6. The van der Waals surface area contributed by atoms with Gasteiger partial charge in [-0.1, -0.05) is 12.1 Å². The van der Waals surface area contributed by atoms with Crippen LogP contribution in [0.5, 0.6) is 0 Å². The summed E-state index contributed by atoms with van der Waals surface area (Å²) < 4.78 is 10.0. The zero-order valence-electron chi connectivity index (χ0n) is 18.0. The van der Waals surface area contributed by atoms with E-state index in [9.17, 15) is 19.2 Å². The maximum atomic E-state index is 12.6. The number of H-pyrrole nitrogens is 1. The smallest absolute Gasteiger partial charge is 0.340 e. The van der Waals surface area contributed by atoms with E-state index in [1.807, 2.05) is 19.9 Å². The molecular weight excluding hydrogens is 386 g/mol. The second-order valence-corrected chi connectivity index (χ2v) is 7.15. The summed E-state index contributed by atoms with van der Waals surface area (Å²) in [7, 11) is 0. The quantitative estimate of drug-likeness (QED) is 0.495. The number of carbonyl (C=O) groups excluding carboxylic acids is 4. The van der Waals surface area contributed by atoms with Crippen LogP contribution in [0.15, 0.2) is 18.2 Å². The fraction of sp³-hybridized carbons (Fsp3) is 0.391. The van der Waals surface area contributed by atoms with Crippen LogP contribution in [0.1, 0.15) is 73.4 Å². The first kappa shape index (κ1) is 23.1. The van der Waals surface area contributed by atoms with Crippen molar-refractivity contribution in [3.8, 4) is 0 Å². The Morgan fingerprint density at radius 1 is 0.833 bits per heavy atom. The van der Waals surface area contributed by atoms with Crippen LogP contribution in [0.2, 0.25) is 0 Å². The summed E-state index contributed by atoms with van der Waals surface area (Å²) in [5, 5.41) is 0. The van der Waals surface area contributed by atoms with Crippen LogP contribution < -0.4 is 0 Å². The Morgan fingerprint density at radius 2 is 1.50 bits per heavy atom. The van der Waals surface area contributed by atoms with Gasteiger partial charge in [0.15, 0.2) is 12.4 Å². The molecule has 1 heterocycles. The summed E-state index contributed by atoms with van der Waals surface area (Å²) >= 11 is 0. The molecule has 0 amide bonds. The maximum absolute atomic E-state index is 12.6. The highest BCUT2D eigenvalue weighted by molar-refractivity contribution is 6.09. The lowest BCUT2D eigenvalue weighted by Crippen LogP contribution is -2.18. The van der Waals surface area contributed by atoms with Crippen molar-refractivity contribution in [1.29, 1.82) is 0 Å². The van der Waals surface area contributed by atoms with Crippen LogP contribution in [-0.2, 0) is 14.3 Å². The number of carbonyl (C=O) groups is 4. The number of esters is 2. The van der Waals surface area contributed by atoms with Gasteiger partial charge < -0.3 is 14.5 Å². The minimum absolute atomic E-state index is 0.00804. The molecule has 30 heavy (non-hydrogen) atoms. The third-order valence-electron chi connectivity index (χ3n) is 4.88. The molecule has 2 aromatic rings. The molecule has 7 heteroatoms. The second kappa shape index (κ2) is 10.0. The predicted octanol–water partition coefficient (Wildman–Crippen LogP) is 3.81. The minimum atomic E-state index is -0.650. The molecule has 0 aliphatic rings. The van der Waals surface area contributed by atoms with Crippen molar-refractivity contribution in [2.75, 3.05) is 13.2 Å². The average Bonchev–Trinajstić information content (AvgIpc) is 3.00. The molecule has 7 nitrogen and oxygen atoms in total. The van der Waals surface area contributed by atoms with Crippen LogP contribution in [-0.4, -0.2) is 41.7 Å². The van der Waals surface area contributed by atoms with Gasteiger partial charge in [-0.05, 0) is 51.8 Å². The van der Waals surface area contributed by atoms with E-state index in [1.165, 1.54) is 0 Å². The lowest BCUT2D eigenvalue weighted by Gasteiger charge is -2.07. The number of aryl methyl sites for hydroxylation is 4. The number of Topliss-reactive ketones (excluding diaryl/α,β-unsaturated/α-hetero) is 2. The van der Waals surface area contributed by atoms with Crippen LogP contribution in [0.25, 0.3) is 0 Å². The Hall–Kier alpha value is -3.22. The number of nitrogens with one attached hydrogen (secondary N) is 1. The van der Waals surface area contributed by atoms with E-state index < -0.39 is 24.3 Å². The molecule has 0 unspecified atom stereocenters. The second-order valence-electron chi connectivity index (χ2n) is 7.15. The van der Waals surface area contributed by atoms with Crippen molar-refractivity contribution in [2.45, 2.75) is 47.5 Å². The molecule has 0 aliphatic carbocycles. The highest BCUT2D eigenvalue weighted by Crippen LogP contribution is 2.20. The third kappa shape index (κ3) is 5.43. The number of hydrogen-bond donors (Lipinski definition) is 1. The van der Waals surface area contributed by atoms with Crippen LogP contribution in [0.3, 0.4) is 0 Å². The monoisotopic (exact) mass is 413 g/mol. The summed E-state index contributed by atoms with van der Waals surface area (Å²) in [5.41, 5.74) is 3.96. The van der Waals surface area contributed by atoms with Crippen LogP contribution in [0, 0.1) is 27.7 Å². The van der Waals surface area contributed by atoms with Gasteiger partial charge in [-0.3, -0.25) is 14.4 Å². The highest BCUT2D eigenvalue weighted by Gasteiger charge is 2.26. The van der Waals surface area contributed by atoms with Crippen molar-refractivity contribution in [1.82, 2.24) is 4.98 Å². The van der Waals surface area contributed by atoms with E-state index in [0.717, 1.165) is 11.1 Å². The van der Waals surface area contributed by atoms with E-state index >= 15 is 0 Å². The van der Waals surface area contributed by atoms with E-state index in [2.05, 4.69) is 4.98 Å². The molecule has 0 aliphatic heterocycles. The van der Waals surface area contributed by atoms with Crippen molar-refractivity contribution in [3.63, 3.8) is 0 Å². The van der Waals surface area contributed by atoms with E-state index in [0.29, 0.717) is 17.0 Å². The van der Waals surface area contributed by atoms with Gasteiger partial charge in [0.05, 0.1) is 24.2 Å². The fourth-order valence-corrected chi connectivity index (χ4v) is 3.15. The van der Waals surface area contributed by atoms with Crippen molar-refractivity contribution >= 4 is 23.5 Å². The molecule has 0 saturated carbocycles. The Kier molecular flexibility index (Phi) is 7.69. The molecule has 0 radical (unpaired) electrons. The lowest BCUT2D eigenvalue weighted by molar-refractivity contribution is -0.142. The van der Waals surface area contributed by atoms with Gasteiger partial charge in [-0.2, -0.15) is 0 Å². The third-order valence-corrected chi connectivity index (χ3v) is 4.88. The first-order valence-corrected chi connectivity index (χ1v) is 9.81. The molecule has 1 aromatic carbocycles. The minimum Gasteiger partial charge on any atom is -0.462 e. The molecule has 0 atom stereocenters. The summed E-state index contributed by atoms with van der Waals surface area (Å²) in [6.07, 6.45) is -0.138. The van der Waals surface area contributed by atoms with E-state index in [1.54, 1.807) is 32.9 Å². The van der Waals surface area contributed by atoms with Gasteiger partial charge >= 0.3 is 11.9 Å². The number of hydrogen-bond acceptors (Lipinski definition) is 6. The van der Waals surface area contributed by atoms with E-state index in [4.69, 9.17) is 9.47 Å². The number of ether oxygens (including phenoxy) is 2. The molecule has 2 rings (SSSR count). The normalized spacial score (nSPS) is 10.6. The molecule has 1 aromatic heterocycles. The van der Waals surface area contributed by atoms with Crippen molar-refractivity contribution < 1.29 is 28.7 Å². The Bertz CT molecular complexity index is 986. The highest BCUT2D eigenvalue weighted by atomic mass is 16.5. The zero-order chi connectivity index (χ0) is 22.4. The summed E-state index contributed by atoms with van der Waals surface area (Å²) in [4.78, 5) is 52.0.